The molecule has 2 aliphatic rings. The van der Waals surface area contributed by atoms with Crippen LogP contribution in [0.2, 0.25) is 0 Å². The van der Waals surface area contributed by atoms with Crippen LogP contribution in [0.5, 0.6) is 5.75 Å². The third kappa shape index (κ3) is 5.40. The highest BCUT2D eigenvalue weighted by Gasteiger charge is 2.31. The Morgan fingerprint density at radius 2 is 1.86 bits per heavy atom. The molecule has 2 fully saturated rings. The Balaban J connectivity index is 1.23. The zero-order chi connectivity index (χ0) is 24.0. The molecule has 3 aromatic rings. The monoisotopic (exact) mass is 473 g/mol. The second-order valence-corrected chi connectivity index (χ2v) is 9.42. The lowest BCUT2D eigenvalue weighted by molar-refractivity contribution is 0.0733. The normalized spacial score (nSPS) is 18.7. The summed E-state index contributed by atoms with van der Waals surface area (Å²) in [5, 5.41) is 0. The number of carbonyl (C=O) groups is 1. The second kappa shape index (κ2) is 11.0. The Hall–Kier alpha value is -3.19. The number of hydrogen-bond acceptors (Lipinski definition) is 5. The number of rotatable bonds is 8. The van der Waals surface area contributed by atoms with Crippen molar-refractivity contribution in [2.24, 2.45) is 0 Å². The molecule has 7 nitrogen and oxygen atoms in total. The average molecular weight is 474 g/mol. The highest BCUT2D eigenvalue weighted by molar-refractivity contribution is 5.94. The average Bonchev–Trinajstić information content (AvgIpc) is 3.59. The quantitative estimate of drug-likeness (QED) is 0.476. The zero-order valence-corrected chi connectivity index (χ0v) is 20.6. The maximum absolute atomic E-state index is 13.4. The van der Waals surface area contributed by atoms with Gasteiger partial charge < -0.3 is 9.64 Å². The van der Waals surface area contributed by atoms with E-state index in [2.05, 4.69) is 16.8 Å². The van der Waals surface area contributed by atoms with E-state index in [1.165, 1.54) is 32.4 Å². The van der Waals surface area contributed by atoms with Gasteiger partial charge in [-0.2, -0.15) is 0 Å². The number of ether oxygens (including phenoxy) is 1. The summed E-state index contributed by atoms with van der Waals surface area (Å²) in [6, 6.07) is 13.6. The van der Waals surface area contributed by atoms with Gasteiger partial charge >= 0.3 is 0 Å². The van der Waals surface area contributed by atoms with E-state index in [-0.39, 0.29) is 11.9 Å². The molecule has 0 unspecified atom stereocenters. The van der Waals surface area contributed by atoms with Crippen LogP contribution < -0.4 is 4.74 Å². The Bertz CT molecular complexity index is 1120. The van der Waals surface area contributed by atoms with Crippen LogP contribution in [0.25, 0.3) is 5.82 Å². The Kier molecular flexibility index (Phi) is 7.42. The van der Waals surface area contributed by atoms with E-state index in [1.54, 1.807) is 6.20 Å². The molecule has 2 saturated heterocycles. The first kappa shape index (κ1) is 23.5. The Labute approximate surface area is 207 Å². The fourth-order valence-electron chi connectivity index (χ4n) is 5.22. The van der Waals surface area contributed by atoms with E-state index in [9.17, 15) is 4.79 Å². The van der Waals surface area contributed by atoms with Crippen molar-refractivity contribution in [2.75, 3.05) is 32.8 Å². The van der Waals surface area contributed by atoms with Crippen LogP contribution in [0.1, 0.15) is 66.9 Å². The number of nitrogens with zero attached hydrogens (tertiary/aromatic N) is 5. The van der Waals surface area contributed by atoms with Crippen molar-refractivity contribution >= 4 is 5.91 Å². The minimum atomic E-state index is -0.0171. The number of carbonyl (C=O) groups excluding carboxylic acids is 1. The number of imidazole rings is 1. The van der Waals surface area contributed by atoms with Gasteiger partial charge in [0.2, 0.25) is 0 Å². The van der Waals surface area contributed by atoms with Crippen LogP contribution in [0, 0.1) is 0 Å². The van der Waals surface area contributed by atoms with Gasteiger partial charge in [0, 0.05) is 37.5 Å². The molecule has 1 atom stereocenters. The summed E-state index contributed by atoms with van der Waals surface area (Å²) in [6.07, 6.45) is 10.4. The Morgan fingerprint density at radius 3 is 2.66 bits per heavy atom. The molecule has 184 valence electrons. The minimum absolute atomic E-state index is 0.0171. The van der Waals surface area contributed by atoms with Crippen molar-refractivity contribution in [1.82, 2.24) is 24.3 Å². The maximum Gasteiger partial charge on any atom is 0.254 e. The molecule has 0 aliphatic carbocycles. The van der Waals surface area contributed by atoms with Crippen molar-refractivity contribution in [3.63, 3.8) is 0 Å². The number of hydrogen-bond donors (Lipinski definition) is 0. The Morgan fingerprint density at radius 1 is 1.03 bits per heavy atom. The summed E-state index contributed by atoms with van der Waals surface area (Å²) in [4.78, 5) is 27.2. The fourth-order valence-corrected chi connectivity index (χ4v) is 5.22. The molecule has 35 heavy (non-hydrogen) atoms. The number of likely N-dealkylation sites (tertiary alicyclic amines) is 2. The van der Waals surface area contributed by atoms with E-state index in [4.69, 9.17) is 9.72 Å². The lowest BCUT2D eigenvalue weighted by atomic mass is 10.1. The maximum atomic E-state index is 13.4. The van der Waals surface area contributed by atoms with Gasteiger partial charge in [0.05, 0.1) is 11.7 Å². The molecule has 0 spiro atoms. The molecule has 5 rings (SSSR count). The molecule has 0 bridgehead atoms. The summed E-state index contributed by atoms with van der Waals surface area (Å²) in [7, 11) is 0. The highest BCUT2D eigenvalue weighted by atomic mass is 16.5. The fraction of sp³-hybridized carbons (Fsp3) is 0.464. The lowest BCUT2D eigenvalue weighted by Crippen LogP contribution is -2.33. The van der Waals surface area contributed by atoms with Crippen LogP contribution in [0.4, 0.5) is 0 Å². The van der Waals surface area contributed by atoms with Crippen LogP contribution >= 0.6 is 0 Å². The summed E-state index contributed by atoms with van der Waals surface area (Å²) < 4.78 is 7.97. The molecule has 4 heterocycles. The standard InChI is InChI=1S/C28H35N5O2/c1-2-26-29-15-19-33(26)27-10-6-8-24(30-27)25-9-7-18-32(25)28(34)22-11-13-23(14-12-22)35-21-20-31-16-4-3-5-17-31/h6,8,10-15,19,25H,2-5,7,9,16-18,20-21H2,1H3/t25-/m1/s1. The van der Waals surface area contributed by atoms with E-state index in [0.29, 0.717) is 12.2 Å². The minimum Gasteiger partial charge on any atom is -0.492 e. The number of amides is 1. The molecule has 0 N–H and O–H groups in total. The molecular formula is C28H35N5O2. The number of piperidine rings is 1. The first-order valence-electron chi connectivity index (χ1n) is 13.0. The topological polar surface area (TPSA) is 63.5 Å². The molecule has 0 saturated carbocycles. The molecule has 7 heteroatoms. The number of aryl methyl sites for hydroxylation is 1. The van der Waals surface area contributed by atoms with Crippen LogP contribution in [0.3, 0.4) is 0 Å². The van der Waals surface area contributed by atoms with Crippen molar-refractivity contribution in [3.05, 3.63) is 71.9 Å². The van der Waals surface area contributed by atoms with Crippen molar-refractivity contribution in [2.45, 2.75) is 51.5 Å². The number of aromatic nitrogens is 3. The molecule has 2 aromatic heterocycles. The van der Waals surface area contributed by atoms with Crippen LogP contribution in [-0.4, -0.2) is 63.0 Å². The summed E-state index contributed by atoms with van der Waals surface area (Å²) in [5.74, 6) is 2.70. The molecule has 2 aliphatic heterocycles. The largest absolute Gasteiger partial charge is 0.492 e. The molecular weight excluding hydrogens is 438 g/mol. The predicted octanol–water partition coefficient (Wildman–Crippen LogP) is 4.67. The highest BCUT2D eigenvalue weighted by Crippen LogP contribution is 2.33. The van der Waals surface area contributed by atoms with Gasteiger partial charge in [-0.3, -0.25) is 14.3 Å². The summed E-state index contributed by atoms with van der Waals surface area (Å²) >= 11 is 0. The lowest BCUT2D eigenvalue weighted by Gasteiger charge is -2.26. The van der Waals surface area contributed by atoms with Crippen molar-refractivity contribution < 1.29 is 9.53 Å². The van der Waals surface area contributed by atoms with E-state index >= 15 is 0 Å². The SMILES string of the molecule is CCc1nccn1-c1cccc([C@H]2CCCN2C(=O)c2ccc(OCCN3CCCCC3)cc2)n1. The van der Waals surface area contributed by atoms with E-state index < -0.39 is 0 Å². The summed E-state index contributed by atoms with van der Waals surface area (Å²) in [5.41, 5.74) is 1.63. The predicted molar refractivity (Wildman–Crippen MR) is 136 cm³/mol. The van der Waals surface area contributed by atoms with E-state index in [0.717, 1.165) is 55.4 Å². The van der Waals surface area contributed by atoms with Gasteiger partial charge in [0.1, 0.15) is 24.0 Å². The smallest absolute Gasteiger partial charge is 0.254 e. The van der Waals surface area contributed by atoms with Gasteiger partial charge in [-0.05, 0) is 75.2 Å². The van der Waals surface area contributed by atoms with E-state index in [1.807, 2.05) is 58.1 Å². The number of benzene rings is 1. The molecule has 0 radical (unpaired) electrons. The van der Waals surface area contributed by atoms with Gasteiger partial charge in [-0.15, -0.1) is 0 Å². The van der Waals surface area contributed by atoms with Gasteiger partial charge in [0.15, 0.2) is 0 Å². The van der Waals surface area contributed by atoms with Crippen LogP contribution in [0.15, 0.2) is 54.9 Å². The first-order chi connectivity index (χ1) is 17.2. The van der Waals surface area contributed by atoms with Crippen LogP contribution in [-0.2, 0) is 6.42 Å². The van der Waals surface area contributed by atoms with Gasteiger partial charge in [0.25, 0.3) is 5.91 Å². The third-order valence-electron chi connectivity index (χ3n) is 7.12. The van der Waals surface area contributed by atoms with Crippen molar-refractivity contribution in [1.29, 1.82) is 0 Å². The van der Waals surface area contributed by atoms with Crippen molar-refractivity contribution in [3.8, 4) is 11.6 Å². The summed E-state index contributed by atoms with van der Waals surface area (Å²) in [6.45, 7) is 6.82. The van der Waals surface area contributed by atoms with Gasteiger partial charge in [-0.25, -0.2) is 9.97 Å². The molecule has 1 aromatic carbocycles. The third-order valence-corrected chi connectivity index (χ3v) is 7.12. The molecule has 1 amide bonds. The van der Waals surface area contributed by atoms with Gasteiger partial charge in [-0.1, -0.05) is 19.4 Å². The zero-order valence-electron chi connectivity index (χ0n) is 20.6. The first-order valence-corrected chi connectivity index (χ1v) is 13.0. The number of pyridine rings is 1. The second-order valence-electron chi connectivity index (χ2n) is 9.42.